The predicted octanol–water partition coefficient (Wildman–Crippen LogP) is 2.62. The normalized spacial score (nSPS) is 14.5. The Labute approximate surface area is 105 Å². The number of hydrogen-bond acceptors (Lipinski definition) is 2. The van der Waals surface area contributed by atoms with Gasteiger partial charge in [0.15, 0.2) is 0 Å². The third kappa shape index (κ3) is 5.85. The van der Waals surface area contributed by atoms with Crippen LogP contribution >= 0.6 is 0 Å². The molecule has 2 atom stereocenters. The molecule has 0 saturated heterocycles. The number of aliphatic hydroxyl groups is 1. The summed E-state index contributed by atoms with van der Waals surface area (Å²) in [6.07, 6.45) is 3.37. The molecule has 0 spiro atoms. The zero-order valence-corrected chi connectivity index (χ0v) is 11.0. The lowest BCUT2D eigenvalue weighted by atomic mass is 10.0. The lowest BCUT2D eigenvalue weighted by molar-refractivity contribution is 0.236. The molecule has 0 amide bonds. The molecule has 1 rings (SSSR count). The monoisotopic (exact) mass is 235 g/mol. The van der Waals surface area contributed by atoms with E-state index in [1.807, 2.05) is 18.2 Å². The molecule has 2 N–H and O–H groups in total. The average molecular weight is 235 g/mol. The molecule has 1 aromatic carbocycles. The molecule has 0 aliphatic rings. The summed E-state index contributed by atoms with van der Waals surface area (Å²) in [7, 11) is 0. The Morgan fingerprint density at radius 2 is 1.94 bits per heavy atom. The minimum atomic E-state index is 0.178. The standard InChI is InChI=1S/C15H25NO/c1-3-7-13(2)11-16-15(12-17)10-14-8-5-4-6-9-14/h4-6,8-9,13,15-17H,3,7,10-12H2,1-2H3/t13?,15-/m0/s1. The van der Waals surface area contributed by atoms with Crippen molar-refractivity contribution in [1.82, 2.24) is 5.32 Å². The number of rotatable bonds is 8. The molecule has 0 radical (unpaired) electrons. The Hall–Kier alpha value is -0.860. The van der Waals surface area contributed by atoms with Crippen LogP contribution in [0.25, 0.3) is 0 Å². The van der Waals surface area contributed by atoms with Crippen molar-refractivity contribution in [3.63, 3.8) is 0 Å². The minimum absolute atomic E-state index is 0.178. The molecule has 0 aliphatic heterocycles. The zero-order chi connectivity index (χ0) is 12.5. The van der Waals surface area contributed by atoms with Crippen LogP contribution < -0.4 is 5.32 Å². The van der Waals surface area contributed by atoms with Gasteiger partial charge in [-0.3, -0.25) is 0 Å². The molecule has 1 unspecified atom stereocenters. The first kappa shape index (κ1) is 14.2. The van der Waals surface area contributed by atoms with Crippen molar-refractivity contribution >= 4 is 0 Å². The van der Waals surface area contributed by atoms with E-state index in [1.54, 1.807) is 0 Å². The number of nitrogens with one attached hydrogen (secondary N) is 1. The van der Waals surface area contributed by atoms with Crippen LogP contribution in [0.15, 0.2) is 30.3 Å². The molecule has 0 bridgehead atoms. The van der Waals surface area contributed by atoms with Gasteiger partial charge in [0.1, 0.15) is 0 Å². The van der Waals surface area contributed by atoms with Crippen LogP contribution in [0.1, 0.15) is 32.3 Å². The first-order chi connectivity index (χ1) is 8.26. The number of aliphatic hydroxyl groups excluding tert-OH is 1. The van der Waals surface area contributed by atoms with E-state index in [9.17, 15) is 5.11 Å². The maximum absolute atomic E-state index is 9.37. The van der Waals surface area contributed by atoms with Crippen LogP contribution in [-0.4, -0.2) is 24.3 Å². The molecule has 2 nitrogen and oxygen atoms in total. The summed E-state index contributed by atoms with van der Waals surface area (Å²) < 4.78 is 0. The third-order valence-corrected chi connectivity index (χ3v) is 3.08. The maximum Gasteiger partial charge on any atom is 0.0587 e. The summed E-state index contributed by atoms with van der Waals surface area (Å²) in [5, 5.41) is 12.8. The van der Waals surface area contributed by atoms with E-state index in [4.69, 9.17) is 0 Å². The first-order valence-electron chi connectivity index (χ1n) is 6.64. The Kier molecular flexibility index (Phi) is 6.90. The molecule has 0 heterocycles. The number of hydrogen-bond donors (Lipinski definition) is 2. The summed E-state index contributed by atoms with van der Waals surface area (Å²) in [5.41, 5.74) is 1.28. The lowest BCUT2D eigenvalue weighted by Gasteiger charge is -2.19. The quantitative estimate of drug-likeness (QED) is 0.726. The molecule has 0 aromatic heterocycles. The van der Waals surface area contributed by atoms with Crippen LogP contribution in [0.4, 0.5) is 0 Å². The van der Waals surface area contributed by atoms with Gasteiger partial charge in [0, 0.05) is 6.04 Å². The Morgan fingerprint density at radius 3 is 2.53 bits per heavy atom. The summed E-state index contributed by atoms with van der Waals surface area (Å²) >= 11 is 0. The highest BCUT2D eigenvalue weighted by atomic mass is 16.3. The molecular formula is C15H25NO. The Bertz CT molecular complexity index is 286. The zero-order valence-electron chi connectivity index (χ0n) is 11.0. The smallest absolute Gasteiger partial charge is 0.0587 e. The van der Waals surface area contributed by atoms with Crippen molar-refractivity contribution in [3.8, 4) is 0 Å². The van der Waals surface area contributed by atoms with Crippen LogP contribution in [0.5, 0.6) is 0 Å². The Balaban J connectivity index is 2.34. The fourth-order valence-electron chi connectivity index (χ4n) is 2.06. The van der Waals surface area contributed by atoms with Crippen molar-refractivity contribution in [2.45, 2.75) is 39.2 Å². The summed E-state index contributed by atoms with van der Waals surface area (Å²) in [4.78, 5) is 0. The average Bonchev–Trinajstić information content (AvgIpc) is 2.36. The number of benzene rings is 1. The van der Waals surface area contributed by atoms with Gasteiger partial charge in [-0.2, -0.15) is 0 Å². The van der Waals surface area contributed by atoms with Crippen LogP contribution in [0.2, 0.25) is 0 Å². The van der Waals surface area contributed by atoms with Crippen molar-refractivity contribution in [3.05, 3.63) is 35.9 Å². The topological polar surface area (TPSA) is 32.3 Å². The second-order valence-electron chi connectivity index (χ2n) is 4.87. The van der Waals surface area contributed by atoms with Gasteiger partial charge < -0.3 is 10.4 Å². The highest BCUT2D eigenvalue weighted by Gasteiger charge is 2.09. The SMILES string of the molecule is CCCC(C)CN[C@H](CO)Cc1ccccc1. The highest BCUT2D eigenvalue weighted by Crippen LogP contribution is 2.06. The van der Waals surface area contributed by atoms with Gasteiger partial charge in [0.05, 0.1) is 6.61 Å². The first-order valence-corrected chi connectivity index (χ1v) is 6.64. The van der Waals surface area contributed by atoms with E-state index < -0.39 is 0 Å². The lowest BCUT2D eigenvalue weighted by Crippen LogP contribution is -2.37. The van der Waals surface area contributed by atoms with Crippen molar-refractivity contribution in [2.75, 3.05) is 13.2 Å². The third-order valence-electron chi connectivity index (χ3n) is 3.08. The molecule has 96 valence electrons. The van der Waals surface area contributed by atoms with Gasteiger partial charge in [-0.1, -0.05) is 50.6 Å². The second-order valence-corrected chi connectivity index (χ2v) is 4.87. The van der Waals surface area contributed by atoms with Gasteiger partial charge in [-0.15, -0.1) is 0 Å². The van der Waals surface area contributed by atoms with Gasteiger partial charge in [0.2, 0.25) is 0 Å². The maximum atomic E-state index is 9.37. The van der Waals surface area contributed by atoms with Crippen molar-refractivity contribution in [1.29, 1.82) is 0 Å². The summed E-state index contributed by atoms with van der Waals surface area (Å²) in [5.74, 6) is 0.685. The van der Waals surface area contributed by atoms with Gasteiger partial charge in [0.25, 0.3) is 0 Å². The van der Waals surface area contributed by atoms with Crippen LogP contribution in [0.3, 0.4) is 0 Å². The van der Waals surface area contributed by atoms with Crippen LogP contribution in [-0.2, 0) is 6.42 Å². The molecule has 0 aliphatic carbocycles. The largest absolute Gasteiger partial charge is 0.395 e. The molecule has 2 heteroatoms. The van der Waals surface area contributed by atoms with E-state index in [0.29, 0.717) is 5.92 Å². The van der Waals surface area contributed by atoms with E-state index >= 15 is 0 Å². The fourth-order valence-corrected chi connectivity index (χ4v) is 2.06. The summed E-state index contributed by atoms with van der Waals surface area (Å²) in [6.45, 7) is 5.66. The van der Waals surface area contributed by atoms with E-state index in [1.165, 1.54) is 18.4 Å². The van der Waals surface area contributed by atoms with Gasteiger partial charge in [-0.25, -0.2) is 0 Å². The van der Waals surface area contributed by atoms with E-state index in [0.717, 1.165) is 13.0 Å². The Morgan fingerprint density at radius 1 is 1.24 bits per heavy atom. The van der Waals surface area contributed by atoms with Gasteiger partial charge >= 0.3 is 0 Å². The molecular weight excluding hydrogens is 210 g/mol. The summed E-state index contributed by atoms with van der Waals surface area (Å²) in [6, 6.07) is 10.5. The van der Waals surface area contributed by atoms with E-state index in [-0.39, 0.29) is 12.6 Å². The van der Waals surface area contributed by atoms with Crippen molar-refractivity contribution in [2.24, 2.45) is 5.92 Å². The highest BCUT2D eigenvalue weighted by molar-refractivity contribution is 5.15. The second kappa shape index (κ2) is 8.26. The predicted molar refractivity (Wildman–Crippen MR) is 73.1 cm³/mol. The molecule has 17 heavy (non-hydrogen) atoms. The molecule has 1 aromatic rings. The van der Waals surface area contributed by atoms with E-state index in [2.05, 4.69) is 31.3 Å². The van der Waals surface area contributed by atoms with Crippen molar-refractivity contribution < 1.29 is 5.11 Å². The molecule has 0 fully saturated rings. The molecule has 0 saturated carbocycles. The minimum Gasteiger partial charge on any atom is -0.395 e. The van der Waals surface area contributed by atoms with Gasteiger partial charge in [-0.05, 0) is 30.9 Å². The van der Waals surface area contributed by atoms with Crippen LogP contribution in [0, 0.1) is 5.92 Å². The fraction of sp³-hybridized carbons (Fsp3) is 0.600.